The predicted octanol–water partition coefficient (Wildman–Crippen LogP) is 2.03. The number of H-pyrrole nitrogens is 1. The summed E-state index contributed by atoms with van der Waals surface area (Å²) in [5.41, 5.74) is 0.381. The number of hydrogen-bond donors (Lipinski definition) is 2. The van der Waals surface area contributed by atoms with Crippen LogP contribution in [0.4, 0.5) is 4.39 Å². The molecule has 18 heavy (non-hydrogen) atoms. The molecule has 2 aromatic rings. The number of carboxylic acids is 1. The molecule has 0 radical (unpaired) electrons. The first-order chi connectivity index (χ1) is 8.61. The molecule has 0 unspecified atom stereocenters. The van der Waals surface area contributed by atoms with Gasteiger partial charge >= 0.3 is 5.97 Å². The van der Waals surface area contributed by atoms with E-state index in [4.69, 9.17) is 14.6 Å². The van der Waals surface area contributed by atoms with Gasteiger partial charge in [0.15, 0.2) is 0 Å². The Bertz CT molecular complexity index is 579. The molecular weight excluding hydrogens is 241 g/mol. The van der Waals surface area contributed by atoms with Crippen molar-refractivity contribution in [3.63, 3.8) is 0 Å². The fourth-order valence-electron chi connectivity index (χ4n) is 1.64. The summed E-state index contributed by atoms with van der Waals surface area (Å²) in [6.07, 6.45) is 0. The molecular formula is C12H12FNO4. The molecule has 1 aromatic carbocycles. The molecule has 0 saturated carbocycles. The lowest BCUT2D eigenvalue weighted by Crippen LogP contribution is -2.04. The number of halogens is 1. The van der Waals surface area contributed by atoms with Gasteiger partial charge in [0.2, 0.25) is 0 Å². The number of methoxy groups -OCH3 is 1. The molecule has 0 amide bonds. The molecule has 2 N–H and O–H groups in total. The normalized spacial score (nSPS) is 10.8. The maximum Gasteiger partial charge on any atom is 0.352 e. The molecule has 6 heteroatoms. The van der Waals surface area contributed by atoms with E-state index in [1.807, 2.05) is 0 Å². The Morgan fingerprint density at radius 1 is 1.39 bits per heavy atom. The van der Waals surface area contributed by atoms with Gasteiger partial charge < -0.3 is 19.6 Å². The Morgan fingerprint density at radius 2 is 2.17 bits per heavy atom. The first-order valence-electron chi connectivity index (χ1n) is 5.29. The number of nitrogens with one attached hydrogen (secondary N) is 1. The third kappa shape index (κ3) is 2.43. The van der Waals surface area contributed by atoms with Gasteiger partial charge in [-0.2, -0.15) is 0 Å². The van der Waals surface area contributed by atoms with Crippen LogP contribution in [-0.4, -0.2) is 36.4 Å². The van der Waals surface area contributed by atoms with Gasteiger partial charge in [0.1, 0.15) is 23.9 Å². The fourth-order valence-corrected chi connectivity index (χ4v) is 1.64. The Balaban J connectivity index is 2.40. The van der Waals surface area contributed by atoms with Gasteiger partial charge in [-0.15, -0.1) is 0 Å². The smallest absolute Gasteiger partial charge is 0.352 e. The summed E-state index contributed by atoms with van der Waals surface area (Å²) in [7, 11) is 1.53. The highest BCUT2D eigenvalue weighted by molar-refractivity contribution is 5.96. The standard InChI is InChI=1S/C12H12FNO4/c1-17-2-3-18-11-5-7(13)4-9-8(11)6-10(14-9)12(15)16/h4-6,14H,2-3H2,1H3,(H,15,16). The number of fused-ring (bicyclic) bond motifs is 1. The second-order valence-corrected chi connectivity index (χ2v) is 3.69. The molecule has 96 valence electrons. The fraction of sp³-hybridized carbons (Fsp3) is 0.250. The number of carbonyl (C=O) groups is 1. The Labute approximate surface area is 102 Å². The van der Waals surface area contributed by atoms with E-state index in [9.17, 15) is 9.18 Å². The van der Waals surface area contributed by atoms with Crippen molar-refractivity contribution < 1.29 is 23.8 Å². The van der Waals surface area contributed by atoms with Crippen molar-refractivity contribution >= 4 is 16.9 Å². The van der Waals surface area contributed by atoms with Crippen LogP contribution in [0.2, 0.25) is 0 Å². The van der Waals surface area contributed by atoms with Gasteiger partial charge in [-0.25, -0.2) is 9.18 Å². The third-order valence-electron chi connectivity index (χ3n) is 2.44. The Kier molecular flexibility index (Phi) is 3.47. The summed E-state index contributed by atoms with van der Waals surface area (Å²) in [6, 6.07) is 3.86. The SMILES string of the molecule is COCCOc1cc(F)cc2[nH]c(C(=O)O)cc12. The zero-order valence-corrected chi connectivity index (χ0v) is 9.70. The lowest BCUT2D eigenvalue weighted by atomic mass is 10.2. The molecule has 0 aliphatic carbocycles. The van der Waals surface area contributed by atoms with Crippen LogP contribution in [-0.2, 0) is 4.74 Å². The Morgan fingerprint density at radius 3 is 2.83 bits per heavy atom. The van der Waals surface area contributed by atoms with E-state index in [1.165, 1.54) is 25.3 Å². The number of ether oxygens (including phenoxy) is 2. The number of hydrogen-bond acceptors (Lipinski definition) is 3. The minimum absolute atomic E-state index is 0.00723. The molecule has 0 spiro atoms. The first kappa shape index (κ1) is 12.4. The summed E-state index contributed by atoms with van der Waals surface area (Å²) in [4.78, 5) is 13.5. The maximum absolute atomic E-state index is 13.3. The highest BCUT2D eigenvalue weighted by Gasteiger charge is 2.12. The van der Waals surface area contributed by atoms with E-state index in [0.717, 1.165) is 0 Å². The average Bonchev–Trinajstić information content (AvgIpc) is 2.73. The number of benzene rings is 1. The number of aromatic carboxylic acids is 1. The summed E-state index contributed by atoms with van der Waals surface area (Å²) >= 11 is 0. The highest BCUT2D eigenvalue weighted by Crippen LogP contribution is 2.28. The monoisotopic (exact) mass is 253 g/mol. The van der Waals surface area contributed by atoms with Crippen LogP contribution in [0.3, 0.4) is 0 Å². The van der Waals surface area contributed by atoms with Crippen LogP contribution in [0.1, 0.15) is 10.5 Å². The van der Waals surface area contributed by atoms with Crippen LogP contribution in [0.5, 0.6) is 5.75 Å². The van der Waals surface area contributed by atoms with Crippen molar-refractivity contribution in [1.82, 2.24) is 4.98 Å². The molecule has 1 aromatic heterocycles. The molecule has 0 aliphatic rings. The van der Waals surface area contributed by atoms with Crippen LogP contribution < -0.4 is 4.74 Å². The van der Waals surface area contributed by atoms with E-state index >= 15 is 0 Å². The van der Waals surface area contributed by atoms with Gasteiger partial charge in [0, 0.05) is 18.6 Å². The van der Waals surface area contributed by atoms with Crippen LogP contribution >= 0.6 is 0 Å². The van der Waals surface area contributed by atoms with E-state index in [2.05, 4.69) is 4.98 Å². The van der Waals surface area contributed by atoms with Crippen molar-refractivity contribution in [2.24, 2.45) is 0 Å². The van der Waals surface area contributed by atoms with E-state index in [-0.39, 0.29) is 12.3 Å². The largest absolute Gasteiger partial charge is 0.490 e. The van der Waals surface area contributed by atoms with Crippen molar-refractivity contribution in [2.75, 3.05) is 20.3 Å². The number of aromatic amines is 1. The molecule has 0 aliphatic heterocycles. The summed E-state index contributed by atoms with van der Waals surface area (Å²) in [5.74, 6) is -1.30. The second-order valence-electron chi connectivity index (χ2n) is 3.69. The molecule has 0 fully saturated rings. The third-order valence-corrected chi connectivity index (χ3v) is 2.44. The second kappa shape index (κ2) is 5.05. The number of rotatable bonds is 5. The zero-order chi connectivity index (χ0) is 13.1. The Hall–Kier alpha value is -2.08. The van der Waals surface area contributed by atoms with E-state index < -0.39 is 11.8 Å². The molecule has 0 bridgehead atoms. The van der Waals surface area contributed by atoms with Crippen LogP contribution in [0, 0.1) is 5.82 Å². The minimum atomic E-state index is -1.10. The van der Waals surface area contributed by atoms with Gasteiger partial charge in [0.05, 0.1) is 12.1 Å². The quantitative estimate of drug-likeness (QED) is 0.800. The summed E-state index contributed by atoms with van der Waals surface area (Å²) in [5, 5.41) is 9.41. The lowest BCUT2D eigenvalue weighted by molar-refractivity contribution is 0.0691. The number of aromatic nitrogens is 1. The van der Waals surface area contributed by atoms with Gasteiger partial charge in [0.25, 0.3) is 0 Å². The van der Waals surface area contributed by atoms with Crippen molar-refractivity contribution in [3.05, 3.63) is 29.7 Å². The number of carboxylic acid groups (broad SMARTS) is 1. The average molecular weight is 253 g/mol. The zero-order valence-electron chi connectivity index (χ0n) is 9.70. The predicted molar refractivity (Wildman–Crippen MR) is 62.6 cm³/mol. The van der Waals surface area contributed by atoms with Gasteiger partial charge in [-0.3, -0.25) is 0 Å². The van der Waals surface area contributed by atoms with Crippen LogP contribution in [0.15, 0.2) is 18.2 Å². The summed E-state index contributed by atoms with van der Waals surface area (Å²) in [6.45, 7) is 0.636. The van der Waals surface area contributed by atoms with Gasteiger partial charge in [-0.1, -0.05) is 0 Å². The molecule has 1 heterocycles. The molecule has 5 nitrogen and oxygen atoms in total. The van der Waals surface area contributed by atoms with Crippen molar-refractivity contribution in [3.8, 4) is 5.75 Å². The minimum Gasteiger partial charge on any atom is -0.490 e. The highest BCUT2D eigenvalue weighted by atomic mass is 19.1. The first-order valence-corrected chi connectivity index (χ1v) is 5.29. The molecule has 0 saturated heterocycles. The molecule has 2 rings (SSSR count). The van der Waals surface area contributed by atoms with Gasteiger partial charge in [-0.05, 0) is 12.1 Å². The summed E-state index contributed by atoms with van der Waals surface area (Å²) < 4.78 is 23.5. The van der Waals surface area contributed by atoms with Crippen LogP contribution in [0.25, 0.3) is 10.9 Å². The topological polar surface area (TPSA) is 71.5 Å². The van der Waals surface area contributed by atoms with Crippen molar-refractivity contribution in [1.29, 1.82) is 0 Å². The van der Waals surface area contributed by atoms with E-state index in [1.54, 1.807) is 0 Å². The maximum atomic E-state index is 13.3. The lowest BCUT2D eigenvalue weighted by Gasteiger charge is -2.06. The molecule has 0 atom stereocenters. The van der Waals surface area contributed by atoms with Crippen molar-refractivity contribution in [2.45, 2.75) is 0 Å². The van der Waals surface area contributed by atoms with E-state index in [0.29, 0.717) is 23.3 Å².